The Hall–Kier alpha value is -0.860. The Labute approximate surface area is 127 Å². The van der Waals surface area contributed by atoms with Gasteiger partial charge in [-0.15, -0.1) is 11.3 Å². The third kappa shape index (κ3) is 3.62. The molecule has 0 radical (unpaired) electrons. The minimum absolute atomic E-state index is 0.240. The van der Waals surface area contributed by atoms with Crippen LogP contribution in [0.5, 0.6) is 0 Å². The molecular formula is C12H16ClN3O2S2. The zero-order chi connectivity index (χ0) is 14.8. The summed E-state index contributed by atoms with van der Waals surface area (Å²) < 4.78 is 29.2. The van der Waals surface area contributed by atoms with Crippen LogP contribution < -0.4 is 10.5 Å². The number of hydrogen-bond donors (Lipinski definition) is 2. The maximum Gasteiger partial charge on any atom is 0.242 e. The smallest absolute Gasteiger partial charge is 0.242 e. The predicted molar refractivity (Wildman–Crippen MR) is 81.5 cm³/mol. The normalized spacial score (nSPS) is 11.9. The van der Waals surface area contributed by atoms with Crippen LogP contribution in [0.15, 0.2) is 29.3 Å². The largest absolute Gasteiger partial charge is 0.352 e. The molecule has 0 aliphatic heterocycles. The lowest BCUT2D eigenvalue weighted by Crippen LogP contribution is -2.25. The zero-order valence-corrected chi connectivity index (χ0v) is 13.4. The van der Waals surface area contributed by atoms with Crippen molar-refractivity contribution in [2.75, 3.05) is 6.54 Å². The molecule has 0 saturated carbocycles. The summed E-state index contributed by atoms with van der Waals surface area (Å²) in [5.41, 5.74) is 6.31. The van der Waals surface area contributed by atoms with E-state index in [9.17, 15) is 8.42 Å². The van der Waals surface area contributed by atoms with Crippen molar-refractivity contribution in [1.82, 2.24) is 9.29 Å². The predicted octanol–water partition coefficient (Wildman–Crippen LogP) is 1.72. The van der Waals surface area contributed by atoms with Crippen LogP contribution in [0.4, 0.5) is 0 Å². The lowest BCUT2D eigenvalue weighted by molar-refractivity contribution is 0.581. The summed E-state index contributed by atoms with van der Waals surface area (Å²) in [7, 11) is -1.72. The lowest BCUT2D eigenvalue weighted by atomic mass is 10.3. The number of nitrogens with zero attached hydrogens (tertiary/aromatic N) is 1. The fraction of sp³-hybridized carbons (Fsp3) is 0.333. The molecule has 0 unspecified atom stereocenters. The van der Waals surface area contributed by atoms with E-state index in [1.807, 2.05) is 6.07 Å². The Kier molecular flexibility index (Phi) is 4.87. The van der Waals surface area contributed by atoms with Gasteiger partial charge in [-0.25, -0.2) is 13.1 Å². The van der Waals surface area contributed by atoms with Crippen molar-refractivity contribution < 1.29 is 8.42 Å². The Morgan fingerprint density at radius 2 is 2.20 bits per heavy atom. The van der Waals surface area contributed by atoms with E-state index in [1.165, 1.54) is 11.3 Å². The Balaban J connectivity index is 2.00. The number of aromatic nitrogens is 1. The first-order chi connectivity index (χ1) is 9.42. The quantitative estimate of drug-likeness (QED) is 0.845. The van der Waals surface area contributed by atoms with Crippen LogP contribution in [-0.4, -0.2) is 19.5 Å². The van der Waals surface area contributed by atoms with E-state index in [4.69, 9.17) is 17.3 Å². The standard InChI is InChI=1S/C12H16ClN3O2S2/c1-16-8-11(6-9(16)7-14)20(17,18)15-5-4-10-2-3-12(13)19-10/h2-3,6,8,15H,4-5,7,14H2,1H3. The molecule has 0 aromatic carbocycles. The summed E-state index contributed by atoms with van der Waals surface area (Å²) >= 11 is 7.28. The van der Waals surface area contributed by atoms with E-state index in [2.05, 4.69) is 4.72 Å². The molecule has 2 aromatic heterocycles. The SMILES string of the molecule is Cn1cc(S(=O)(=O)NCCc2ccc(Cl)s2)cc1CN. The van der Waals surface area contributed by atoms with Crippen LogP contribution in [0.1, 0.15) is 10.6 Å². The van der Waals surface area contributed by atoms with Crippen LogP contribution in [0.25, 0.3) is 0 Å². The molecule has 0 bridgehead atoms. The second kappa shape index (κ2) is 6.28. The number of thiophene rings is 1. The molecule has 110 valence electrons. The fourth-order valence-electron chi connectivity index (χ4n) is 1.80. The highest BCUT2D eigenvalue weighted by molar-refractivity contribution is 7.89. The first-order valence-corrected chi connectivity index (χ1v) is 8.69. The molecule has 3 N–H and O–H groups in total. The van der Waals surface area contributed by atoms with Crippen molar-refractivity contribution in [3.63, 3.8) is 0 Å². The van der Waals surface area contributed by atoms with Gasteiger partial charge in [0.25, 0.3) is 0 Å². The van der Waals surface area contributed by atoms with Crippen LogP contribution in [0.3, 0.4) is 0 Å². The molecule has 20 heavy (non-hydrogen) atoms. The topological polar surface area (TPSA) is 77.1 Å². The molecule has 0 fully saturated rings. The number of nitrogens with one attached hydrogen (secondary N) is 1. The molecule has 0 amide bonds. The fourth-order valence-corrected chi connectivity index (χ4v) is 4.02. The Morgan fingerprint density at radius 1 is 1.45 bits per heavy atom. The van der Waals surface area contributed by atoms with E-state index in [0.717, 1.165) is 10.6 Å². The van der Waals surface area contributed by atoms with Gasteiger partial charge < -0.3 is 10.3 Å². The van der Waals surface area contributed by atoms with Gasteiger partial charge in [-0.2, -0.15) is 0 Å². The van der Waals surface area contributed by atoms with Crippen molar-refractivity contribution in [1.29, 1.82) is 0 Å². The number of hydrogen-bond acceptors (Lipinski definition) is 4. The van der Waals surface area contributed by atoms with E-state index < -0.39 is 10.0 Å². The van der Waals surface area contributed by atoms with Crippen LogP contribution in [0.2, 0.25) is 4.34 Å². The molecule has 0 aliphatic carbocycles. The van der Waals surface area contributed by atoms with E-state index >= 15 is 0 Å². The lowest BCUT2D eigenvalue weighted by Gasteiger charge is -2.03. The molecule has 0 spiro atoms. The van der Waals surface area contributed by atoms with Gasteiger partial charge in [-0.05, 0) is 24.6 Å². The third-order valence-corrected chi connectivity index (χ3v) is 5.61. The minimum atomic E-state index is -3.49. The van der Waals surface area contributed by atoms with Gasteiger partial charge in [0.1, 0.15) is 0 Å². The van der Waals surface area contributed by atoms with Gasteiger partial charge in [0.2, 0.25) is 10.0 Å². The summed E-state index contributed by atoms with van der Waals surface area (Å²) in [6, 6.07) is 5.29. The minimum Gasteiger partial charge on any atom is -0.352 e. The molecule has 5 nitrogen and oxygen atoms in total. The molecule has 0 saturated heterocycles. The molecule has 2 heterocycles. The van der Waals surface area contributed by atoms with Crippen molar-refractivity contribution in [2.45, 2.75) is 17.9 Å². The van der Waals surface area contributed by atoms with Crippen LogP contribution in [-0.2, 0) is 30.0 Å². The summed E-state index contributed by atoms with van der Waals surface area (Å²) in [5, 5.41) is 0. The summed E-state index contributed by atoms with van der Waals surface area (Å²) in [6.07, 6.45) is 2.18. The highest BCUT2D eigenvalue weighted by atomic mass is 35.5. The van der Waals surface area contributed by atoms with Gasteiger partial charge in [0.15, 0.2) is 0 Å². The van der Waals surface area contributed by atoms with Crippen molar-refractivity contribution in [3.8, 4) is 0 Å². The van der Waals surface area contributed by atoms with Crippen molar-refractivity contribution in [3.05, 3.63) is 39.3 Å². The van der Waals surface area contributed by atoms with E-state index in [1.54, 1.807) is 29.9 Å². The third-order valence-electron chi connectivity index (χ3n) is 2.89. The number of aryl methyl sites for hydroxylation is 1. The monoisotopic (exact) mass is 333 g/mol. The molecule has 2 aromatic rings. The maximum atomic E-state index is 12.1. The molecule has 0 atom stereocenters. The van der Waals surface area contributed by atoms with Gasteiger partial charge in [0.05, 0.1) is 9.23 Å². The second-order valence-corrected chi connectivity index (χ2v) is 7.90. The average molecular weight is 334 g/mol. The molecule has 0 aliphatic rings. The first-order valence-electron chi connectivity index (χ1n) is 6.01. The van der Waals surface area contributed by atoms with Crippen molar-refractivity contribution >= 4 is 33.0 Å². The summed E-state index contributed by atoms with van der Waals surface area (Å²) in [5.74, 6) is 0. The van der Waals surface area contributed by atoms with E-state index in [0.29, 0.717) is 23.8 Å². The van der Waals surface area contributed by atoms with Crippen molar-refractivity contribution in [2.24, 2.45) is 12.8 Å². The molecule has 2 rings (SSSR count). The highest BCUT2D eigenvalue weighted by Gasteiger charge is 2.16. The second-order valence-electron chi connectivity index (χ2n) is 4.34. The summed E-state index contributed by atoms with van der Waals surface area (Å²) in [4.78, 5) is 1.29. The Morgan fingerprint density at radius 3 is 2.75 bits per heavy atom. The van der Waals surface area contributed by atoms with Gasteiger partial charge in [0, 0.05) is 36.9 Å². The highest BCUT2D eigenvalue weighted by Crippen LogP contribution is 2.21. The van der Waals surface area contributed by atoms with Gasteiger partial charge in [-0.1, -0.05) is 11.6 Å². The van der Waals surface area contributed by atoms with Gasteiger partial charge in [-0.3, -0.25) is 0 Å². The number of rotatable bonds is 6. The molecular weight excluding hydrogens is 318 g/mol. The molecule has 8 heteroatoms. The maximum absolute atomic E-state index is 12.1. The number of nitrogens with two attached hydrogens (primary N) is 1. The number of halogens is 1. The zero-order valence-electron chi connectivity index (χ0n) is 11.0. The Bertz CT molecular complexity index is 691. The van der Waals surface area contributed by atoms with E-state index in [-0.39, 0.29) is 4.90 Å². The van der Waals surface area contributed by atoms with Crippen LogP contribution >= 0.6 is 22.9 Å². The van der Waals surface area contributed by atoms with Crippen LogP contribution in [0, 0.1) is 0 Å². The number of sulfonamides is 1. The first kappa shape index (κ1) is 15.5. The average Bonchev–Trinajstić information content (AvgIpc) is 2.95. The van der Waals surface area contributed by atoms with Gasteiger partial charge >= 0.3 is 0 Å². The summed E-state index contributed by atoms with van der Waals surface area (Å²) in [6.45, 7) is 0.645.